The molecule has 0 aliphatic heterocycles. The first-order valence-electron chi connectivity index (χ1n) is 9.17. The fourth-order valence-corrected chi connectivity index (χ4v) is 3.10. The highest BCUT2D eigenvalue weighted by Gasteiger charge is 2.19. The standard InChI is InChI=1S/C23H20N2O3/c1-15-10-12-18(13-11-15)23-25-24-22(28-23)16(2)27-21(26)14-19-8-5-7-17-6-3-4-9-20(17)19/h3-13,16H,14H2,1-2H3/t16-/m1/s1. The van der Waals surface area contributed by atoms with Gasteiger partial charge in [0.05, 0.1) is 6.42 Å². The van der Waals surface area contributed by atoms with Crippen molar-refractivity contribution in [3.8, 4) is 11.5 Å². The first kappa shape index (κ1) is 17.9. The van der Waals surface area contributed by atoms with Crippen molar-refractivity contribution in [3.05, 3.63) is 83.7 Å². The van der Waals surface area contributed by atoms with Crippen molar-refractivity contribution in [3.63, 3.8) is 0 Å². The number of carbonyl (C=O) groups is 1. The number of esters is 1. The summed E-state index contributed by atoms with van der Waals surface area (Å²) in [5.41, 5.74) is 2.92. The number of ether oxygens (including phenoxy) is 1. The van der Waals surface area contributed by atoms with Crippen LogP contribution in [0.1, 0.15) is 30.0 Å². The number of nitrogens with zero attached hydrogens (tertiary/aromatic N) is 2. The van der Waals surface area contributed by atoms with Gasteiger partial charge in [0.2, 0.25) is 5.89 Å². The molecule has 140 valence electrons. The Hall–Kier alpha value is -3.47. The van der Waals surface area contributed by atoms with Crippen LogP contribution in [0.15, 0.2) is 71.1 Å². The Morgan fingerprint density at radius 1 is 1.00 bits per heavy atom. The molecule has 0 aliphatic carbocycles. The number of fused-ring (bicyclic) bond motifs is 1. The van der Waals surface area contributed by atoms with Gasteiger partial charge >= 0.3 is 5.97 Å². The summed E-state index contributed by atoms with van der Waals surface area (Å²) in [6, 6.07) is 21.7. The fourth-order valence-electron chi connectivity index (χ4n) is 3.10. The average molecular weight is 372 g/mol. The van der Waals surface area contributed by atoms with E-state index in [-0.39, 0.29) is 18.3 Å². The largest absolute Gasteiger partial charge is 0.452 e. The molecule has 0 aliphatic rings. The SMILES string of the molecule is Cc1ccc(-c2nnc([C@@H](C)OC(=O)Cc3cccc4ccccc34)o2)cc1. The molecule has 5 nitrogen and oxygen atoms in total. The summed E-state index contributed by atoms with van der Waals surface area (Å²) in [4.78, 5) is 12.4. The third-order valence-electron chi connectivity index (χ3n) is 4.61. The van der Waals surface area contributed by atoms with Crippen LogP contribution in [0, 0.1) is 6.92 Å². The molecule has 1 aromatic heterocycles. The van der Waals surface area contributed by atoms with Crippen molar-refractivity contribution in [2.75, 3.05) is 0 Å². The molecule has 3 aromatic carbocycles. The molecule has 0 N–H and O–H groups in total. The molecule has 0 saturated carbocycles. The number of hydrogen-bond acceptors (Lipinski definition) is 5. The van der Waals surface area contributed by atoms with Crippen molar-refractivity contribution in [1.82, 2.24) is 10.2 Å². The van der Waals surface area contributed by atoms with Crippen LogP contribution >= 0.6 is 0 Å². The lowest BCUT2D eigenvalue weighted by Crippen LogP contribution is -2.12. The first-order valence-corrected chi connectivity index (χ1v) is 9.17. The second-order valence-corrected chi connectivity index (χ2v) is 6.76. The number of carbonyl (C=O) groups excluding carboxylic acids is 1. The molecule has 0 unspecified atom stereocenters. The third-order valence-corrected chi connectivity index (χ3v) is 4.61. The Labute approximate surface area is 163 Å². The van der Waals surface area contributed by atoms with E-state index >= 15 is 0 Å². The first-order chi connectivity index (χ1) is 13.6. The Morgan fingerprint density at radius 3 is 2.57 bits per heavy atom. The lowest BCUT2D eigenvalue weighted by molar-refractivity contribution is -0.148. The van der Waals surface area contributed by atoms with E-state index in [2.05, 4.69) is 10.2 Å². The fraction of sp³-hybridized carbons (Fsp3) is 0.174. The van der Waals surface area contributed by atoms with Crippen molar-refractivity contribution < 1.29 is 13.9 Å². The maximum absolute atomic E-state index is 12.4. The Kier molecular flexibility index (Phi) is 4.89. The van der Waals surface area contributed by atoms with Crippen LogP contribution in [-0.2, 0) is 16.0 Å². The molecule has 5 heteroatoms. The van der Waals surface area contributed by atoms with E-state index < -0.39 is 6.10 Å². The molecule has 28 heavy (non-hydrogen) atoms. The predicted octanol–water partition coefficient (Wildman–Crippen LogP) is 5.05. The van der Waals surface area contributed by atoms with Crippen LogP contribution < -0.4 is 0 Å². The number of rotatable bonds is 5. The molecule has 0 radical (unpaired) electrons. The van der Waals surface area contributed by atoms with E-state index in [1.807, 2.05) is 73.7 Å². The van der Waals surface area contributed by atoms with Crippen LogP contribution in [0.25, 0.3) is 22.2 Å². The lowest BCUT2D eigenvalue weighted by atomic mass is 10.0. The summed E-state index contributed by atoms with van der Waals surface area (Å²) in [5, 5.41) is 10.2. The van der Waals surface area contributed by atoms with Crippen LogP contribution in [0.4, 0.5) is 0 Å². The van der Waals surface area contributed by atoms with E-state index in [4.69, 9.17) is 9.15 Å². The van der Waals surface area contributed by atoms with Gasteiger partial charge in [-0.25, -0.2) is 0 Å². The van der Waals surface area contributed by atoms with Gasteiger partial charge < -0.3 is 9.15 Å². The summed E-state index contributed by atoms with van der Waals surface area (Å²) in [7, 11) is 0. The minimum Gasteiger partial charge on any atom is -0.452 e. The quantitative estimate of drug-likeness (QED) is 0.459. The predicted molar refractivity (Wildman–Crippen MR) is 107 cm³/mol. The van der Waals surface area contributed by atoms with Gasteiger partial charge in [-0.05, 0) is 42.3 Å². The number of hydrogen-bond donors (Lipinski definition) is 0. The lowest BCUT2D eigenvalue weighted by Gasteiger charge is -2.10. The van der Waals surface area contributed by atoms with Gasteiger partial charge in [-0.15, -0.1) is 10.2 Å². The highest BCUT2D eigenvalue weighted by Crippen LogP contribution is 2.24. The van der Waals surface area contributed by atoms with Gasteiger partial charge in [0.15, 0.2) is 6.10 Å². The number of aromatic nitrogens is 2. The normalized spacial score (nSPS) is 12.1. The molecular weight excluding hydrogens is 352 g/mol. The van der Waals surface area contributed by atoms with E-state index in [0.717, 1.165) is 27.5 Å². The summed E-state index contributed by atoms with van der Waals surface area (Å²) in [5.74, 6) is 0.354. The Bertz CT molecular complexity index is 1110. The molecular formula is C23H20N2O3. The van der Waals surface area contributed by atoms with Gasteiger partial charge in [-0.3, -0.25) is 4.79 Å². The van der Waals surface area contributed by atoms with E-state index in [1.54, 1.807) is 6.92 Å². The second-order valence-electron chi connectivity index (χ2n) is 6.76. The monoisotopic (exact) mass is 372 g/mol. The van der Waals surface area contributed by atoms with Gasteiger partial charge in [-0.2, -0.15) is 0 Å². The van der Waals surface area contributed by atoms with Gasteiger partial charge in [-0.1, -0.05) is 60.2 Å². The zero-order valence-electron chi connectivity index (χ0n) is 15.8. The van der Waals surface area contributed by atoms with Gasteiger partial charge in [0.25, 0.3) is 5.89 Å². The summed E-state index contributed by atoms with van der Waals surface area (Å²) in [6.07, 6.45) is -0.431. The molecule has 4 rings (SSSR count). The highest BCUT2D eigenvalue weighted by atomic mass is 16.6. The molecule has 1 heterocycles. The average Bonchev–Trinajstić information content (AvgIpc) is 3.19. The maximum Gasteiger partial charge on any atom is 0.311 e. The zero-order valence-corrected chi connectivity index (χ0v) is 15.8. The molecule has 0 bridgehead atoms. The Morgan fingerprint density at radius 2 is 1.75 bits per heavy atom. The second kappa shape index (κ2) is 7.64. The van der Waals surface area contributed by atoms with Crippen molar-refractivity contribution in [2.24, 2.45) is 0 Å². The van der Waals surface area contributed by atoms with E-state index in [0.29, 0.717) is 5.89 Å². The van der Waals surface area contributed by atoms with Crippen LogP contribution in [0.3, 0.4) is 0 Å². The third kappa shape index (κ3) is 3.78. The number of aryl methyl sites for hydroxylation is 1. The molecule has 0 fully saturated rings. The zero-order chi connectivity index (χ0) is 19.5. The smallest absolute Gasteiger partial charge is 0.311 e. The molecule has 4 aromatic rings. The van der Waals surface area contributed by atoms with Crippen LogP contribution in [0.2, 0.25) is 0 Å². The Balaban J connectivity index is 1.45. The minimum atomic E-state index is -0.617. The minimum absolute atomic E-state index is 0.185. The molecule has 0 spiro atoms. The topological polar surface area (TPSA) is 65.2 Å². The van der Waals surface area contributed by atoms with E-state index in [9.17, 15) is 4.79 Å². The molecule has 1 atom stereocenters. The molecule has 0 amide bonds. The van der Waals surface area contributed by atoms with Crippen molar-refractivity contribution in [1.29, 1.82) is 0 Å². The summed E-state index contributed by atoms with van der Waals surface area (Å²) in [6.45, 7) is 3.74. The molecule has 0 saturated heterocycles. The van der Waals surface area contributed by atoms with Crippen molar-refractivity contribution >= 4 is 16.7 Å². The summed E-state index contributed by atoms with van der Waals surface area (Å²) >= 11 is 0. The summed E-state index contributed by atoms with van der Waals surface area (Å²) < 4.78 is 11.2. The van der Waals surface area contributed by atoms with Crippen molar-refractivity contribution in [2.45, 2.75) is 26.4 Å². The van der Waals surface area contributed by atoms with Crippen LogP contribution in [-0.4, -0.2) is 16.2 Å². The highest BCUT2D eigenvalue weighted by molar-refractivity contribution is 5.89. The maximum atomic E-state index is 12.4. The van der Waals surface area contributed by atoms with Crippen LogP contribution in [0.5, 0.6) is 0 Å². The van der Waals surface area contributed by atoms with Gasteiger partial charge in [0, 0.05) is 5.56 Å². The van der Waals surface area contributed by atoms with Gasteiger partial charge in [0.1, 0.15) is 0 Å². The number of benzene rings is 3. The van der Waals surface area contributed by atoms with E-state index in [1.165, 1.54) is 0 Å².